The number of carbonyl (C=O) groups is 1. The van der Waals surface area contributed by atoms with E-state index in [1.807, 2.05) is 54.8 Å². The maximum atomic E-state index is 12.6. The van der Waals surface area contributed by atoms with E-state index < -0.39 is 0 Å². The highest BCUT2D eigenvalue weighted by Gasteiger charge is 2.16. The van der Waals surface area contributed by atoms with Crippen molar-refractivity contribution in [1.29, 1.82) is 0 Å². The SMILES string of the molecule is CCc1cc(Br)cc(C)c1NC(=O)CSc1nnc(-c2ccc(Cl)cc2)n1CC. The second kappa shape index (κ2) is 9.78. The lowest BCUT2D eigenvalue weighted by Crippen LogP contribution is -2.16. The van der Waals surface area contributed by atoms with E-state index in [-0.39, 0.29) is 11.7 Å². The van der Waals surface area contributed by atoms with E-state index in [1.54, 1.807) is 0 Å². The van der Waals surface area contributed by atoms with Crippen LogP contribution in [0.5, 0.6) is 0 Å². The summed E-state index contributed by atoms with van der Waals surface area (Å²) in [6, 6.07) is 11.6. The van der Waals surface area contributed by atoms with Gasteiger partial charge in [0.25, 0.3) is 0 Å². The Morgan fingerprint density at radius 3 is 2.59 bits per heavy atom. The van der Waals surface area contributed by atoms with Crippen LogP contribution in [0.15, 0.2) is 46.0 Å². The first kappa shape index (κ1) is 21.9. The van der Waals surface area contributed by atoms with Crippen molar-refractivity contribution in [3.8, 4) is 11.4 Å². The number of aromatic nitrogens is 3. The Balaban J connectivity index is 1.72. The van der Waals surface area contributed by atoms with Crippen LogP contribution in [0.25, 0.3) is 11.4 Å². The van der Waals surface area contributed by atoms with E-state index in [2.05, 4.69) is 38.4 Å². The van der Waals surface area contributed by atoms with Crippen molar-refractivity contribution < 1.29 is 4.79 Å². The highest BCUT2D eigenvalue weighted by atomic mass is 79.9. The van der Waals surface area contributed by atoms with Crippen molar-refractivity contribution in [1.82, 2.24) is 14.8 Å². The molecule has 1 amide bonds. The highest BCUT2D eigenvalue weighted by molar-refractivity contribution is 9.10. The minimum atomic E-state index is -0.0613. The third kappa shape index (κ3) is 5.21. The van der Waals surface area contributed by atoms with Crippen LogP contribution in [-0.4, -0.2) is 26.4 Å². The lowest BCUT2D eigenvalue weighted by atomic mass is 10.1. The van der Waals surface area contributed by atoms with Gasteiger partial charge in [-0.25, -0.2) is 0 Å². The first-order valence-corrected chi connectivity index (χ1v) is 11.5. The van der Waals surface area contributed by atoms with Crippen LogP contribution < -0.4 is 5.32 Å². The summed E-state index contributed by atoms with van der Waals surface area (Å²) in [5.41, 5.74) is 3.98. The van der Waals surface area contributed by atoms with E-state index in [0.29, 0.717) is 11.6 Å². The van der Waals surface area contributed by atoms with Crippen molar-refractivity contribution in [3.05, 3.63) is 57.0 Å². The predicted molar refractivity (Wildman–Crippen MR) is 124 cm³/mol. The van der Waals surface area contributed by atoms with Gasteiger partial charge in [-0.15, -0.1) is 10.2 Å². The minimum absolute atomic E-state index is 0.0613. The van der Waals surface area contributed by atoms with E-state index in [1.165, 1.54) is 11.8 Å². The average molecular weight is 494 g/mol. The highest BCUT2D eigenvalue weighted by Crippen LogP contribution is 2.28. The third-order valence-corrected chi connectivity index (χ3v) is 6.17. The summed E-state index contributed by atoms with van der Waals surface area (Å²) in [5, 5.41) is 13.0. The number of halogens is 2. The van der Waals surface area contributed by atoms with Crippen LogP contribution in [0.1, 0.15) is 25.0 Å². The quantitative estimate of drug-likeness (QED) is 0.411. The zero-order valence-electron chi connectivity index (χ0n) is 16.5. The molecule has 0 fully saturated rings. The van der Waals surface area contributed by atoms with Crippen molar-refractivity contribution in [2.45, 2.75) is 38.9 Å². The number of nitrogens with one attached hydrogen (secondary N) is 1. The maximum absolute atomic E-state index is 12.6. The van der Waals surface area contributed by atoms with Gasteiger partial charge >= 0.3 is 0 Å². The number of benzene rings is 2. The summed E-state index contributed by atoms with van der Waals surface area (Å²) < 4.78 is 3.02. The largest absolute Gasteiger partial charge is 0.325 e. The molecule has 0 bridgehead atoms. The number of aryl methyl sites for hydroxylation is 2. The number of nitrogens with zero attached hydrogens (tertiary/aromatic N) is 3. The molecule has 5 nitrogen and oxygen atoms in total. The van der Waals surface area contributed by atoms with Crippen LogP contribution in [0.2, 0.25) is 5.02 Å². The fourth-order valence-corrected chi connectivity index (χ4v) is 4.62. The summed E-state index contributed by atoms with van der Waals surface area (Å²) in [6.45, 7) is 6.82. The van der Waals surface area contributed by atoms with Crippen LogP contribution in [-0.2, 0) is 17.8 Å². The molecule has 0 unspecified atom stereocenters. The molecular formula is C21H22BrClN4OS. The molecule has 3 rings (SSSR count). The van der Waals surface area contributed by atoms with Gasteiger partial charge in [0.05, 0.1) is 5.75 Å². The van der Waals surface area contributed by atoms with E-state index >= 15 is 0 Å². The van der Waals surface area contributed by atoms with Crippen LogP contribution >= 0.6 is 39.3 Å². The number of hydrogen-bond acceptors (Lipinski definition) is 4. The smallest absolute Gasteiger partial charge is 0.234 e. The number of anilines is 1. The first-order chi connectivity index (χ1) is 13.9. The summed E-state index contributed by atoms with van der Waals surface area (Å²) in [5.74, 6) is 0.968. The third-order valence-electron chi connectivity index (χ3n) is 4.50. The minimum Gasteiger partial charge on any atom is -0.325 e. The van der Waals surface area contributed by atoms with Gasteiger partial charge in [-0.2, -0.15) is 0 Å². The normalized spacial score (nSPS) is 10.9. The van der Waals surface area contributed by atoms with E-state index in [9.17, 15) is 4.79 Å². The zero-order valence-corrected chi connectivity index (χ0v) is 19.7. The molecule has 0 spiro atoms. The Kier molecular flexibility index (Phi) is 7.38. The number of rotatable bonds is 7. The Labute approximate surface area is 188 Å². The maximum Gasteiger partial charge on any atom is 0.234 e. The standard InChI is InChI=1S/C21H22BrClN4OS/c1-4-14-11-16(22)10-13(3)19(14)24-18(28)12-29-21-26-25-20(27(21)5-2)15-6-8-17(23)9-7-15/h6-11H,4-5,12H2,1-3H3,(H,24,28). The van der Waals surface area contributed by atoms with Gasteiger partial charge in [-0.1, -0.05) is 46.2 Å². The molecular weight excluding hydrogens is 472 g/mol. The second-order valence-corrected chi connectivity index (χ2v) is 8.80. The number of amides is 1. The summed E-state index contributed by atoms with van der Waals surface area (Å²) >= 11 is 10.9. The molecule has 1 N–H and O–H groups in total. The summed E-state index contributed by atoms with van der Waals surface area (Å²) in [7, 11) is 0. The number of hydrogen-bond donors (Lipinski definition) is 1. The van der Waals surface area contributed by atoms with Gasteiger partial charge in [0.1, 0.15) is 0 Å². The lowest BCUT2D eigenvalue weighted by molar-refractivity contribution is -0.113. The van der Waals surface area contributed by atoms with Gasteiger partial charge < -0.3 is 9.88 Å². The van der Waals surface area contributed by atoms with Crippen molar-refractivity contribution >= 4 is 50.9 Å². The van der Waals surface area contributed by atoms with Gasteiger partial charge in [0.2, 0.25) is 5.91 Å². The van der Waals surface area contributed by atoms with E-state index in [4.69, 9.17) is 11.6 Å². The van der Waals surface area contributed by atoms with Crippen molar-refractivity contribution in [2.75, 3.05) is 11.1 Å². The second-order valence-electron chi connectivity index (χ2n) is 6.50. The van der Waals surface area contributed by atoms with Gasteiger partial charge in [-0.3, -0.25) is 4.79 Å². The molecule has 0 atom stereocenters. The fourth-order valence-electron chi connectivity index (χ4n) is 3.07. The number of thioether (sulfide) groups is 1. The molecule has 0 aliphatic heterocycles. The van der Waals surface area contributed by atoms with Crippen molar-refractivity contribution in [2.24, 2.45) is 0 Å². The fraction of sp³-hybridized carbons (Fsp3) is 0.286. The summed E-state index contributed by atoms with van der Waals surface area (Å²) in [6.07, 6.45) is 0.845. The zero-order chi connectivity index (χ0) is 21.0. The molecule has 3 aromatic rings. The number of carbonyl (C=O) groups excluding carboxylic acids is 1. The molecule has 0 aliphatic rings. The molecule has 152 valence electrons. The topological polar surface area (TPSA) is 59.8 Å². The monoisotopic (exact) mass is 492 g/mol. The molecule has 0 saturated heterocycles. The molecule has 8 heteroatoms. The Hall–Kier alpha value is -1.83. The van der Waals surface area contributed by atoms with E-state index in [0.717, 1.165) is 44.3 Å². The molecule has 1 heterocycles. The molecule has 0 aliphatic carbocycles. The van der Waals surface area contributed by atoms with Gasteiger partial charge in [0, 0.05) is 27.3 Å². The molecule has 2 aromatic carbocycles. The molecule has 0 saturated carbocycles. The Morgan fingerprint density at radius 1 is 1.21 bits per heavy atom. The van der Waals surface area contributed by atoms with Crippen LogP contribution in [0, 0.1) is 6.92 Å². The predicted octanol–water partition coefficient (Wildman–Crippen LogP) is 5.98. The van der Waals surface area contributed by atoms with Gasteiger partial charge in [0.15, 0.2) is 11.0 Å². The molecule has 29 heavy (non-hydrogen) atoms. The van der Waals surface area contributed by atoms with Gasteiger partial charge in [-0.05, 0) is 67.8 Å². The molecule has 0 radical (unpaired) electrons. The Morgan fingerprint density at radius 2 is 1.93 bits per heavy atom. The summed E-state index contributed by atoms with van der Waals surface area (Å²) in [4.78, 5) is 12.6. The van der Waals surface area contributed by atoms with Crippen LogP contribution in [0.3, 0.4) is 0 Å². The average Bonchev–Trinajstić information content (AvgIpc) is 3.11. The van der Waals surface area contributed by atoms with Crippen molar-refractivity contribution in [3.63, 3.8) is 0 Å². The van der Waals surface area contributed by atoms with Crippen LogP contribution in [0.4, 0.5) is 5.69 Å². The lowest BCUT2D eigenvalue weighted by Gasteiger charge is -2.14. The molecule has 1 aromatic heterocycles. The Bertz CT molecular complexity index is 1020. The first-order valence-electron chi connectivity index (χ1n) is 9.33.